The number of pyridine rings is 2. The first-order chi connectivity index (χ1) is 23.7. The Hall–Kier alpha value is -6.72. The molecule has 0 aliphatic heterocycles. The maximum Gasteiger partial charge on any atom is 0.193 e. The number of ether oxygens (including phenoxy) is 2. The zero-order valence-corrected chi connectivity index (χ0v) is 27.6. The zero-order valence-electron chi connectivity index (χ0n) is 26.0. The summed E-state index contributed by atoms with van der Waals surface area (Å²) in [7, 11) is 3.35. The molecular weight excluding hydrogens is 661 g/mol. The Morgan fingerprint density at radius 1 is 0.633 bits per heavy atom. The molecule has 240 valence electrons. The number of aromatic amines is 2. The van der Waals surface area contributed by atoms with Crippen LogP contribution in [0.4, 0.5) is 0 Å². The number of hydrogen-bond acceptors (Lipinski definition) is 10. The van der Waals surface area contributed by atoms with Crippen LogP contribution in [0.25, 0.3) is 33.5 Å². The van der Waals surface area contributed by atoms with Crippen LogP contribution < -0.4 is 20.4 Å². The molecule has 0 unspecified atom stereocenters. The molecule has 0 aliphatic rings. The lowest BCUT2D eigenvalue weighted by atomic mass is 9.96. The van der Waals surface area contributed by atoms with Crippen LogP contribution in [-0.2, 0) is 14.1 Å². The largest absolute Gasteiger partial charge is 0.493 e. The van der Waals surface area contributed by atoms with Crippen molar-refractivity contribution in [1.29, 1.82) is 31.9 Å². The first-order valence-corrected chi connectivity index (χ1v) is 15.4. The molecule has 16 heteroatoms. The summed E-state index contributed by atoms with van der Waals surface area (Å²) < 4.78 is 18.7. The molecular formula is C33H24N12O2S2. The summed E-state index contributed by atoms with van der Waals surface area (Å²) >= 11 is 10.7. The number of aromatic nitrogens is 6. The van der Waals surface area contributed by atoms with Crippen molar-refractivity contribution in [2.24, 2.45) is 14.1 Å². The Morgan fingerprint density at radius 3 is 1.37 bits per heavy atom. The van der Waals surface area contributed by atoms with Crippen molar-refractivity contribution in [2.45, 2.75) is 6.42 Å². The van der Waals surface area contributed by atoms with Crippen LogP contribution in [-0.4, -0.2) is 41.6 Å². The summed E-state index contributed by atoms with van der Waals surface area (Å²) in [4.78, 5) is 0. The first-order valence-electron chi connectivity index (χ1n) is 14.6. The zero-order chi connectivity index (χ0) is 35.0. The van der Waals surface area contributed by atoms with Gasteiger partial charge in [0.1, 0.15) is 58.0 Å². The maximum absolute atomic E-state index is 10.2. The van der Waals surface area contributed by atoms with Crippen LogP contribution >= 0.6 is 24.4 Å². The van der Waals surface area contributed by atoms with Crippen molar-refractivity contribution >= 4 is 35.7 Å². The minimum atomic E-state index is -0.149. The topological polar surface area (TPSA) is 212 Å². The Balaban J connectivity index is 1.29. The SMILES string of the molecule is Cn1c(=S)[nH]n2c(=N)c(C#N)c(-c3ccccc3OCCCOc3ccccc3-c3c(C#N)c(=N)n4[nH]c(=S)n(C)c4c3C#N)c(C#N)c12. The summed E-state index contributed by atoms with van der Waals surface area (Å²) in [5, 5.41) is 63.6. The average Bonchev–Trinajstić information content (AvgIpc) is 3.58. The maximum atomic E-state index is 10.2. The van der Waals surface area contributed by atoms with Gasteiger partial charge in [0.05, 0.1) is 13.2 Å². The molecule has 2 aromatic carbocycles. The van der Waals surface area contributed by atoms with Crippen LogP contribution in [0.15, 0.2) is 48.5 Å². The molecule has 0 aliphatic carbocycles. The normalized spacial score (nSPS) is 10.7. The molecule has 0 saturated carbocycles. The van der Waals surface area contributed by atoms with E-state index in [0.717, 1.165) is 0 Å². The average molecular weight is 685 g/mol. The highest BCUT2D eigenvalue weighted by Crippen LogP contribution is 2.37. The third-order valence-electron chi connectivity index (χ3n) is 8.02. The highest BCUT2D eigenvalue weighted by Gasteiger charge is 2.24. The number of aryl methyl sites for hydroxylation is 2. The van der Waals surface area contributed by atoms with E-state index in [1.165, 1.54) is 9.03 Å². The molecule has 0 atom stereocenters. The van der Waals surface area contributed by atoms with Gasteiger partial charge in [-0.2, -0.15) is 21.0 Å². The smallest absolute Gasteiger partial charge is 0.193 e. The molecule has 0 saturated heterocycles. The summed E-state index contributed by atoms with van der Waals surface area (Å²) in [5.74, 6) is 0.811. The Morgan fingerprint density at radius 2 is 1.00 bits per heavy atom. The van der Waals surface area contributed by atoms with Gasteiger partial charge in [-0.05, 0) is 36.6 Å². The molecule has 4 N–H and O–H groups in total. The van der Waals surface area contributed by atoms with Gasteiger partial charge in [0.15, 0.2) is 31.8 Å². The molecule has 0 fully saturated rings. The predicted molar refractivity (Wildman–Crippen MR) is 180 cm³/mol. The summed E-state index contributed by atoms with van der Waals surface area (Å²) in [6.45, 7) is 0.379. The third-order valence-corrected chi connectivity index (χ3v) is 8.75. The van der Waals surface area contributed by atoms with E-state index in [2.05, 4.69) is 34.5 Å². The van der Waals surface area contributed by atoms with E-state index in [1.54, 1.807) is 71.8 Å². The van der Waals surface area contributed by atoms with Gasteiger partial charge in [0, 0.05) is 42.8 Å². The molecule has 0 radical (unpaired) electrons. The van der Waals surface area contributed by atoms with E-state index in [0.29, 0.717) is 40.3 Å². The highest BCUT2D eigenvalue weighted by molar-refractivity contribution is 7.71. The molecule has 14 nitrogen and oxygen atoms in total. The van der Waals surface area contributed by atoms with Gasteiger partial charge in [-0.25, -0.2) is 9.03 Å². The van der Waals surface area contributed by atoms with Gasteiger partial charge in [-0.1, -0.05) is 36.4 Å². The number of nitrogens with one attached hydrogen (secondary N) is 4. The molecule has 0 amide bonds. The van der Waals surface area contributed by atoms with Gasteiger partial charge < -0.3 is 18.6 Å². The molecule has 6 rings (SSSR count). The van der Waals surface area contributed by atoms with Crippen molar-refractivity contribution in [3.05, 3.63) is 91.3 Å². The Kier molecular flexibility index (Phi) is 8.43. The van der Waals surface area contributed by atoms with Crippen LogP contribution in [0.1, 0.15) is 28.7 Å². The van der Waals surface area contributed by atoms with E-state index in [9.17, 15) is 21.0 Å². The van der Waals surface area contributed by atoms with Crippen LogP contribution in [0.3, 0.4) is 0 Å². The lowest BCUT2D eigenvalue weighted by molar-refractivity contribution is 0.248. The van der Waals surface area contributed by atoms with E-state index in [1.807, 2.05) is 0 Å². The van der Waals surface area contributed by atoms with E-state index in [-0.39, 0.29) is 67.1 Å². The minimum Gasteiger partial charge on any atom is -0.493 e. The number of nitriles is 4. The fourth-order valence-electron chi connectivity index (χ4n) is 5.75. The lowest BCUT2D eigenvalue weighted by Gasteiger charge is -2.16. The van der Waals surface area contributed by atoms with Gasteiger partial charge in [-0.15, -0.1) is 0 Å². The number of para-hydroxylation sites is 2. The van der Waals surface area contributed by atoms with E-state index in [4.69, 9.17) is 44.7 Å². The van der Waals surface area contributed by atoms with Crippen LogP contribution in [0, 0.1) is 65.7 Å². The van der Waals surface area contributed by atoms with Gasteiger partial charge in [0.2, 0.25) is 0 Å². The standard InChI is InChI=1S/C33H24N12O2S2/c1-42-30-22(16-36)26(20(14-34)28(38)44(30)40-32(42)48)18-8-3-5-10-24(18)46-12-7-13-47-25-11-6-4-9-19(25)27-21(15-35)29(39)45-31(23(27)17-37)43(2)33(49)41-45/h3-6,8-11,38-39H,7,12-13H2,1-2H3,(H,40,48)(H,41,49). The fraction of sp³-hybridized carbons (Fsp3) is 0.152. The molecule has 4 heterocycles. The molecule has 0 bridgehead atoms. The first kappa shape index (κ1) is 32.2. The van der Waals surface area contributed by atoms with Gasteiger partial charge in [-0.3, -0.25) is 21.0 Å². The quantitative estimate of drug-likeness (QED) is 0.131. The second kappa shape index (κ2) is 12.8. The van der Waals surface area contributed by atoms with Crippen LogP contribution in [0.2, 0.25) is 0 Å². The van der Waals surface area contributed by atoms with E-state index < -0.39 is 0 Å². The van der Waals surface area contributed by atoms with Crippen molar-refractivity contribution in [3.63, 3.8) is 0 Å². The molecule has 4 aromatic heterocycles. The second-order valence-electron chi connectivity index (χ2n) is 10.7. The summed E-state index contributed by atoms with van der Waals surface area (Å²) in [6, 6.07) is 22.5. The van der Waals surface area contributed by atoms with Crippen molar-refractivity contribution < 1.29 is 9.47 Å². The minimum absolute atomic E-state index is 0.0139. The van der Waals surface area contributed by atoms with Crippen molar-refractivity contribution in [3.8, 4) is 58.0 Å². The lowest BCUT2D eigenvalue weighted by Crippen LogP contribution is -2.21. The summed E-state index contributed by atoms with van der Waals surface area (Å²) in [6.07, 6.45) is 0.407. The van der Waals surface area contributed by atoms with Gasteiger partial charge in [0.25, 0.3) is 0 Å². The number of benzene rings is 2. The molecule has 49 heavy (non-hydrogen) atoms. The van der Waals surface area contributed by atoms with Crippen LogP contribution in [0.5, 0.6) is 11.5 Å². The monoisotopic (exact) mass is 684 g/mol. The van der Waals surface area contributed by atoms with Gasteiger partial charge >= 0.3 is 0 Å². The predicted octanol–water partition coefficient (Wildman–Crippen LogP) is 4.61. The number of H-pyrrole nitrogens is 2. The van der Waals surface area contributed by atoms with Crippen molar-refractivity contribution in [1.82, 2.24) is 28.4 Å². The number of fused-ring (bicyclic) bond motifs is 2. The third kappa shape index (κ3) is 5.14. The fourth-order valence-corrected chi connectivity index (χ4v) is 6.10. The number of rotatable bonds is 8. The Labute approximate surface area is 287 Å². The molecule has 0 spiro atoms. The summed E-state index contributed by atoms with van der Waals surface area (Å²) in [5.41, 5.74) is 2.17. The number of hydrogen-bond donors (Lipinski definition) is 4. The molecule has 6 aromatic rings. The Bertz CT molecular complexity index is 2580. The van der Waals surface area contributed by atoms with E-state index >= 15 is 0 Å². The van der Waals surface area contributed by atoms with Crippen molar-refractivity contribution in [2.75, 3.05) is 13.2 Å². The number of nitrogens with zero attached hydrogens (tertiary/aromatic N) is 8. The second-order valence-corrected chi connectivity index (χ2v) is 11.5. The highest BCUT2D eigenvalue weighted by atomic mass is 32.1.